The number of nitrogen functional groups attached to an aromatic ring is 1. The second-order valence-electron chi connectivity index (χ2n) is 4.84. The largest absolute Gasteiger partial charge is 0.368 e. The summed E-state index contributed by atoms with van der Waals surface area (Å²) in [4.78, 5) is 10.6. The van der Waals surface area contributed by atoms with Crippen LogP contribution >= 0.6 is 11.6 Å². The van der Waals surface area contributed by atoms with Gasteiger partial charge >= 0.3 is 0 Å². The van der Waals surface area contributed by atoms with Crippen LogP contribution in [-0.4, -0.2) is 27.0 Å². The van der Waals surface area contributed by atoms with Gasteiger partial charge in [-0.15, -0.1) is 0 Å². The van der Waals surface area contributed by atoms with Gasteiger partial charge in [0, 0.05) is 18.6 Å². The second kappa shape index (κ2) is 5.19. The van der Waals surface area contributed by atoms with Gasteiger partial charge in [0.05, 0.1) is 5.69 Å². The zero-order chi connectivity index (χ0) is 12.4. The number of hydrogen-bond acceptors (Lipinski definition) is 4. The molecule has 0 aromatic carbocycles. The van der Waals surface area contributed by atoms with Crippen LogP contribution in [0.3, 0.4) is 0 Å². The monoisotopic (exact) mass is 254 g/mol. The highest BCUT2D eigenvalue weighted by molar-refractivity contribution is 6.29. The summed E-state index contributed by atoms with van der Waals surface area (Å²) in [7, 11) is 0. The molecule has 4 nitrogen and oxygen atoms in total. The molecule has 1 aromatic heterocycles. The molecule has 2 heterocycles. The number of hydrogen-bond donors (Lipinski definition) is 1. The van der Waals surface area contributed by atoms with Crippen molar-refractivity contribution < 1.29 is 0 Å². The van der Waals surface area contributed by atoms with Gasteiger partial charge in [-0.1, -0.05) is 18.0 Å². The van der Waals surface area contributed by atoms with E-state index in [2.05, 4.69) is 28.7 Å². The van der Waals surface area contributed by atoms with Gasteiger partial charge in [0.2, 0.25) is 5.95 Å². The summed E-state index contributed by atoms with van der Waals surface area (Å²) in [6.07, 6.45) is 3.81. The molecule has 1 aromatic rings. The molecule has 0 bridgehead atoms. The predicted octanol–water partition coefficient (Wildman–Crippen LogP) is 2.48. The lowest BCUT2D eigenvalue weighted by Gasteiger charge is -2.38. The summed E-state index contributed by atoms with van der Waals surface area (Å²) >= 11 is 5.89. The number of anilines is 1. The summed E-state index contributed by atoms with van der Waals surface area (Å²) in [5, 5.41) is 0.421. The maximum atomic E-state index is 5.89. The first kappa shape index (κ1) is 12.6. The Morgan fingerprint density at radius 2 is 2.00 bits per heavy atom. The molecule has 2 N–H and O–H groups in total. The van der Waals surface area contributed by atoms with Crippen molar-refractivity contribution in [2.45, 2.75) is 51.7 Å². The quantitative estimate of drug-likeness (QED) is 0.824. The fourth-order valence-electron chi connectivity index (χ4n) is 2.54. The van der Waals surface area contributed by atoms with E-state index in [4.69, 9.17) is 17.3 Å². The van der Waals surface area contributed by atoms with Gasteiger partial charge in [0.25, 0.3) is 0 Å². The highest BCUT2D eigenvalue weighted by atomic mass is 35.5. The van der Waals surface area contributed by atoms with Gasteiger partial charge < -0.3 is 5.73 Å². The van der Waals surface area contributed by atoms with E-state index in [0.29, 0.717) is 17.2 Å². The first-order valence-electron chi connectivity index (χ1n) is 6.11. The molecule has 0 saturated carbocycles. The van der Waals surface area contributed by atoms with Gasteiger partial charge in [0.15, 0.2) is 0 Å². The van der Waals surface area contributed by atoms with Crippen molar-refractivity contribution >= 4 is 17.5 Å². The van der Waals surface area contributed by atoms with E-state index in [-0.39, 0.29) is 5.95 Å². The minimum atomic E-state index is 0.254. The number of piperidine rings is 1. The van der Waals surface area contributed by atoms with Crippen molar-refractivity contribution in [2.24, 2.45) is 0 Å². The molecule has 0 radical (unpaired) electrons. The maximum Gasteiger partial charge on any atom is 0.221 e. The molecule has 0 unspecified atom stereocenters. The standard InChI is InChI=1S/C12H19ClN4/c1-8-4-3-5-9(2)17(8)7-10-6-11(13)16-12(14)15-10/h6,8-9H,3-5,7H2,1-2H3,(H2,14,15,16)/t8-,9-/m0/s1. The summed E-state index contributed by atoms with van der Waals surface area (Å²) in [6.45, 7) is 5.33. The normalized spacial score (nSPS) is 26.1. The Morgan fingerprint density at radius 3 is 2.59 bits per heavy atom. The Labute approximate surface area is 107 Å². The van der Waals surface area contributed by atoms with Gasteiger partial charge in [-0.05, 0) is 32.8 Å². The van der Waals surface area contributed by atoms with Crippen LogP contribution in [0.1, 0.15) is 38.8 Å². The number of nitrogens with zero attached hydrogens (tertiary/aromatic N) is 3. The smallest absolute Gasteiger partial charge is 0.221 e. The van der Waals surface area contributed by atoms with Gasteiger partial charge in [-0.3, -0.25) is 4.90 Å². The van der Waals surface area contributed by atoms with Crippen LogP contribution in [0.5, 0.6) is 0 Å². The molecule has 1 aliphatic heterocycles. The van der Waals surface area contributed by atoms with Crippen LogP contribution in [0.25, 0.3) is 0 Å². The Kier molecular flexibility index (Phi) is 3.84. The van der Waals surface area contributed by atoms with Gasteiger partial charge in [-0.2, -0.15) is 0 Å². The Hall–Kier alpha value is -0.870. The van der Waals surface area contributed by atoms with E-state index in [9.17, 15) is 0 Å². The third-order valence-corrected chi connectivity index (χ3v) is 3.68. The van der Waals surface area contributed by atoms with Crippen LogP contribution in [0.15, 0.2) is 6.07 Å². The highest BCUT2D eigenvalue weighted by Crippen LogP contribution is 2.24. The van der Waals surface area contributed by atoms with Crippen molar-refractivity contribution in [1.82, 2.24) is 14.9 Å². The van der Waals surface area contributed by atoms with Crippen molar-refractivity contribution in [2.75, 3.05) is 5.73 Å². The molecule has 94 valence electrons. The van der Waals surface area contributed by atoms with Gasteiger partial charge in [-0.25, -0.2) is 9.97 Å². The van der Waals surface area contributed by atoms with E-state index in [0.717, 1.165) is 12.2 Å². The number of aromatic nitrogens is 2. The zero-order valence-corrected chi connectivity index (χ0v) is 11.1. The van der Waals surface area contributed by atoms with Crippen LogP contribution in [0.2, 0.25) is 5.15 Å². The molecular formula is C12H19ClN4. The van der Waals surface area contributed by atoms with E-state index in [1.54, 1.807) is 6.07 Å². The van der Waals surface area contributed by atoms with Crippen LogP contribution < -0.4 is 5.73 Å². The highest BCUT2D eigenvalue weighted by Gasteiger charge is 2.25. The predicted molar refractivity (Wildman–Crippen MR) is 69.8 cm³/mol. The Balaban J connectivity index is 2.13. The second-order valence-corrected chi connectivity index (χ2v) is 5.23. The molecule has 5 heteroatoms. The van der Waals surface area contributed by atoms with Crippen LogP contribution in [0.4, 0.5) is 5.95 Å². The summed E-state index contributed by atoms with van der Waals surface area (Å²) in [5.41, 5.74) is 6.51. The molecule has 0 aliphatic carbocycles. The lowest BCUT2D eigenvalue weighted by molar-refractivity contribution is 0.0938. The number of halogens is 1. The Bertz CT molecular complexity index is 366. The number of rotatable bonds is 2. The van der Waals surface area contributed by atoms with Crippen molar-refractivity contribution in [3.8, 4) is 0 Å². The molecule has 0 amide bonds. The lowest BCUT2D eigenvalue weighted by Crippen LogP contribution is -2.43. The van der Waals surface area contributed by atoms with E-state index >= 15 is 0 Å². The summed E-state index contributed by atoms with van der Waals surface area (Å²) in [6, 6.07) is 2.98. The molecule has 1 fully saturated rings. The molecule has 0 spiro atoms. The van der Waals surface area contributed by atoms with E-state index < -0.39 is 0 Å². The fraction of sp³-hybridized carbons (Fsp3) is 0.667. The van der Waals surface area contributed by atoms with Gasteiger partial charge in [0.1, 0.15) is 5.15 Å². The van der Waals surface area contributed by atoms with Crippen LogP contribution in [0, 0.1) is 0 Å². The average Bonchev–Trinajstić information content (AvgIpc) is 2.22. The minimum Gasteiger partial charge on any atom is -0.368 e. The van der Waals surface area contributed by atoms with E-state index in [1.807, 2.05) is 0 Å². The van der Waals surface area contributed by atoms with Crippen molar-refractivity contribution in [3.63, 3.8) is 0 Å². The minimum absolute atomic E-state index is 0.254. The first-order chi connectivity index (χ1) is 8.06. The number of likely N-dealkylation sites (tertiary alicyclic amines) is 1. The molecule has 17 heavy (non-hydrogen) atoms. The maximum absolute atomic E-state index is 5.89. The summed E-state index contributed by atoms with van der Waals surface area (Å²) in [5.74, 6) is 0.254. The van der Waals surface area contributed by atoms with Crippen molar-refractivity contribution in [1.29, 1.82) is 0 Å². The lowest BCUT2D eigenvalue weighted by atomic mass is 9.97. The fourth-order valence-corrected chi connectivity index (χ4v) is 2.75. The average molecular weight is 255 g/mol. The van der Waals surface area contributed by atoms with Crippen LogP contribution in [-0.2, 0) is 6.54 Å². The van der Waals surface area contributed by atoms with Crippen molar-refractivity contribution in [3.05, 3.63) is 16.9 Å². The third-order valence-electron chi connectivity index (χ3n) is 3.49. The summed E-state index contributed by atoms with van der Waals surface area (Å²) < 4.78 is 0. The molecule has 2 rings (SSSR count). The number of nitrogens with two attached hydrogens (primary N) is 1. The van der Waals surface area contributed by atoms with E-state index in [1.165, 1.54) is 19.3 Å². The molecular weight excluding hydrogens is 236 g/mol. The first-order valence-corrected chi connectivity index (χ1v) is 6.48. The Morgan fingerprint density at radius 1 is 1.35 bits per heavy atom. The topological polar surface area (TPSA) is 55.0 Å². The zero-order valence-electron chi connectivity index (χ0n) is 10.4. The molecule has 1 saturated heterocycles. The third kappa shape index (κ3) is 3.07. The molecule has 1 aliphatic rings. The molecule has 2 atom stereocenters. The SMILES string of the molecule is C[C@H]1CCC[C@H](C)N1Cc1cc(Cl)nc(N)n1.